The summed E-state index contributed by atoms with van der Waals surface area (Å²) in [5, 5.41) is 56.6. The number of esters is 1. The van der Waals surface area contributed by atoms with Crippen molar-refractivity contribution in [3.05, 3.63) is 11.1 Å². The van der Waals surface area contributed by atoms with E-state index in [1.807, 2.05) is 6.92 Å². The molecule has 4 saturated carbocycles. The predicted octanol–water partition coefficient (Wildman–Crippen LogP) is 1.79. The largest absolute Gasteiger partial charge is 0.456 e. The van der Waals surface area contributed by atoms with Crippen molar-refractivity contribution in [1.82, 2.24) is 0 Å². The highest BCUT2D eigenvalue weighted by Gasteiger charge is 2.74. The van der Waals surface area contributed by atoms with E-state index in [0.29, 0.717) is 56.9 Å². The molecule has 0 aromatic rings. The van der Waals surface area contributed by atoms with Gasteiger partial charge in [0.15, 0.2) is 0 Å². The highest BCUT2D eigenvalue weighted by molar-refractivity contribution is 5.90. The van der Waals surface area contributed by atoms with Crippen LogP contribution < -0.4 is 0 Å². The van der Waals surface area contributed by atoms with Crippen molar-refractivity contribution in [2.24, 2.45) is 28.6 Å². The molecule has 0 aromatic carbocycles. The lowest BCUT2D eigenvalue weighted by molar-refractivity contribution is -0.276. The van der Waals surface area contributed by atoms with Crippen LogP contribution in [-0.2, 0) is 14.3 Å². The summed E-state index contributed by atoms with van der Waals surface area (Å²) in [5.41, 5.74) is -5.09. The van der Waals surface area contributed by atoms with Crippen LogP contribution in [0, 0.1) is 28.6 Å². The van der Waals surface area contributed by atoms with Gasteiger partial charge in [-0.15, -0.1) is 0 Å². The quantitative estimate of drug-likeness (QED) is 0.365. The molecule has 0 aromatic heterocycles. The number of carbonyl (C=O) groups is 2. The van der Waals surface area contributed by atoms with Gasteiger partial charge in [-0.1, -0.05) is 12.5 Å². The van der Waals surface area contributed by atoms with E-state index in [0.717, 1.165) is 0 Å². The Labute approximate surface area is 212 Å². The molecule has 5 aliphatic rings. The number of aliphatic hydroxyl groups excluding tert-OH is 2. The predicted molar refractivity (Wildman–Crippen MR) is 129 cm³/mol. The Hall–Kier alpha value is -1.32. The number of cyclic esters (lactones) is 1. The number of rotatable bonds is 3. The van der Waals surface area contributed by atoms with Crippen molar-refractivity contribution in [3.8, 4) is 0 Å². The smallest absolute Gasteiger partial charge is 0.336 e. The first-order chi connectivity index (χ1) is 16.7. The third-order valence-electron chi connectivity index (χ3n) is 11.9. The van der Waals surface area contributed by atoms with E-state index < -0.39 is 58.3 Å². The molecule has 0 unspecified atom stereocenters. The van der Waals surface area contributed by atoms with Crippen LogP contribution in [0.3, 0.4) is 0 Å². The average Bonchev–Trinajstić information content (AvgIpc) is 3.09. The van der Waals surface area contributed by atoms with E-state index in [1.54, 1.807) is 20.8 Å². The van der Waals surface area contributed by atoms with E-state index in [1.165, 1.54) is 0 Å². The molecule has 1 aliphatic heterocycles. The van der Waals surface area contributed by atoms with Crippen LogP contribution in [-0.4, -0.2) is 72.9 Å². The van der Waals surface area contributed by atoms with Crippen LogP contribution >= 0.6 is 0 Å². The molecule has 0 saturated heterocycles. The molecule has 8 nitrogen and oxygen atoms in total. The number of ether oxygens (including phenoxy) is 1. The Kier molecular flexibility index (Phi) is 5.91. The number of aliphatic hydroxyl groups is 5. The number of ketones is 1. The lowest BCUT2D eigenvalue weighted by Gasteiger charge is -2.66. The second kappa shape index (κ2) is 8.09. The SMILES string of the molecule is CC1=C(CO)C(=O)O[C@@H]([C@](C)(O)[C@H]2CC[C@@]3(O)[C@@H]4C[C@@H](O)[C@@]5(O)CCCC(=O)[C@]5(C)[C@H]4CC[C@]23C)C1. The monoisotopic (exact) mass is 506 g/mol. The van der Waals surface area contributed by atoms with Gasteiger partial charge in [0, 0.05) is 18.3 Å². The highest BCUT2D eigenvalue weighted by Crippen LogP contribution is 2.70. The molecule has 8 heteroatoms. The van der Waals surface area contributed by atoms with Gasteiger partial charge in [0.2, 0.25) is 0 Å². The summed E-state index contributed by atoms with van der Waals surface area (Å²) in [4.78, 5) is 25.8. The minimum atomic E-state index is -1.48. The molecule has 4 fully saturated rings. The summed E-state index contributed by atoms with van der Waals surface area (Å²) in [6, 6.07) is 0. The second-order valence-corrected chi connectivity index (χ2v) is 13.1. The van der Waals surface area contributed by atoms with Gasteiger partial charge in [-0.3, -0.25) is 4.79 Å². The average molecular weight is 507 g/mol. The van der Waals surface area contributed by atoms with Crippen LogP contribution in [0.1, 0.15) is 85.5 Å². The molecule has 36 heavy (non-hydrogen) atoms. The summed E-state index contributed by atoms with van der Waals surface area (Å²) < 4.78 is 5.63. The fraction of sp³-hybridized carbons (Fsp3) is 0.857. The minimum Gasteiger partial charge on any atom is -0.456 e. The molecule has 0 spiro atoms. The van der Waals surface area contributed by atoms with Crippen molar-refractivity contribution >= 4 is 11.8 Å². The van der Waals surface area contributed by atoms with Crippen LogP contribution in [0.2, 0.25) is 0 Å². The summed E-state index contributed by atoms with van der Waals surface area (Å²) in [6.07, 6.45) is 1.98. The first-order valence-corrected chi connectivity index (χ1v) is 13.6. The molecule has 5 rings (SSSR count). The molecule has 0 bridgehead atoms. The number of carbonyl (C=O) groups excluding carboxylic acids is 2. The zero-order valence-electron chi connectivity index (χ0n) is 21.9. The van der Waals surface area contributed by atoms with Crippen molar-refractivity contribution < 1.29 is 39.9 Å². The maximum atomic E-state index is 13.3. The first-order valence-electron chi connectivity index (χ1n) is 13.6. The number of Topliss-reactive ketones (excluding diaryl/α,β-unsaturated/α-hetero) is 1. The lowest BCUT2D eigenvalue weighted by Crippen LogP contribution is -2.73. The van der Waals surface area contributed by atoms with Crippen molar-refractivity contribution in [2.45, 2.75) is 114 Å². The van der Waals surface area contributed by atoms with Crippen molar-refractivity contribution in [2.75, 3.05) is 6.61 Å². The Morgan fingerprint density at radius 3 is 2.39 bits per heavy atom. The van der Waals surface area contributed by atoms with E-state index in [2.05, 4.69) is 0 Å². The fourth-order valence-corrected chi connectivity index (χ4v) is 9.57. The Morgan fingerprint density at radius 2 is 1.75 bits per heavy atom. The summed E-state index contributed by atoms with van der Waals surface area (Å²) in [6.45, 7) is 6.81. The maximum absolute atomic E-state index is 13.3. The fourth-order valence-electron chi connectivity index (χ4n) is 9.57. The highest BCUT2D eigenvalue weighted by atomic mass is 16.6. The molecule has 4 aliphatic carbocycles. The minimum absolute atomic E-state index is 0.0326. The molecule has 1 heterocycles. The number of hydrogen-bond donors (Lipinski definition) is 5. The third kappa shape index (κ3) is 3.05. The molecule has 5 N–H and O–H groups in total. The van der Waals surface area contributed by atoms with Crippen molar-refractivity contribution in [1.29, 1.82) is 0 Å². The first kappa shape index (κ1) is 26.3. The lowest BCUT2D eigenvalue weighted by atomic mass is 9.41. The van der Waals surface area contributed by atoms with E-state index in [9.17, 15) is 35.1 Å². The van der Waals surface area contributed by atoms with Gasteiger partial charge in [0.25, 0.3) is 0 Å². The van der Waals surface area contributed by atoms with Gasteiger partial charge in [-0.2, -0.15) is 0 Å². The Balaban J connectivity index is 1.49. The Bertz CT molecular complexity index is 1000. The molecular weight excluding hydrogens is 464 g/mol. The van der Waals surface area contributed by atoms with Gasteiger partial charge in [-0.25, -0.2) is 4.79 Å². The third-order valence-corrected chi connectivity index (χ3v) is 11.9. The molecule has 0 radical (unpaired) electrons. The van der Waals surface area contributed by atoms with Gasteiger partial charge >= 0.3 is 5.97 Å². The number of hydrogen-bond acceptors (Lipinski definition) is 8. The second-order valence-electron chi connectivity index (χ2n) is 13.1. The zero-order valence-corrected chi connectivity index (χ0v) is 21.9. The normalized spacial score (nSPS) is 50.6. The van der Waals surface area contributed by atoms with E-state index in [-0.39, 0.29) is 29.6 Å². The van der Waals surface area contributed by atoms with Crippen LogP contribution in [0.4, 0.5) is 0 Å². The van der Waals surface area contributed by atoms with Gasteiger partial charge in [0.05, 0.1) is 29.3 Å². The topological polar surface area (TPSA) is 145 Å². The van der Waals surface area contributed by atoms with Crippen LogP contribution in [0.5, 0.6) is 0 Å². The van der Waals surface area contributed by atoms with E-state index >= 15 is 0 Å². The van der Waals surface area contributed by atoms with Crippen LogP contribution in [0.25, 0.3) is 0 Å². The standard InChI is InChI=1S/C28H42O8/c1-15-12-22(36-23(32)16(15)14-29)26(4,33)19-8-11-27(34)18-13-21(31)28(35)9-5-6-20(30)25(28,3)17(18)7-10-24(19,27)2/h17-19,21-22,29,31,33-35H,5-14H2,1-4H3/t17-,18+,19-,21+,22+,24+,25-,26+,27+,28-/m0/s1. The van der Waals surface area contributed by atoms with Crippen molar-refractivity contribution in [3.63, 3.8) is 0 Å². The maximum Gasteiger partial charge on any atom is 0.336 e. The summed E-state index contributed by atoms with van der Waals surface area (Å²) in [7, 11) is 0. The zero-order chi connectivity index (χ0) is 26.5. The Morgan fingerprint density at radius 1 is 1.06 bits per heavy atom. The summed E-state index contributed by atoms with van der Waals surface area (Å²) >= 11 is 0. The molecule has 10 atom stereocenters. The van der Waals surface area contributed by atoms with Crippen LogP contribution in [0.15, 0.2) is 11.1 Å². The summed E-state index contributed by atoms with van der Waals surface area (Å²) in [5.74, 6) is -1.69. The molecular formula is C28H42O8. The van der Waals surface area contributed by atoms with Gasteiger partial charge < -0.3 is 30.3 Å². The molecule has 0 amide bonds. The number of fused-ring (bicyclic) bond motifs is 5. The van der Waals surface area contributed by atoms with E-state index in [4.69, 9.17) is 4.74 Å². The van der Waals surface area contributed by atoms with Gasteiger partial charge in [-0.05, 0) is 83.5 Å². The van der Waals surface area contributed by atoms with Gasteiger partial charge in [0.1, 0.15) is 23.1 Å². The molecule has 202 valence electrons.